The van der Waals surface area contributed by atoms with Gasteiger partial charge in [-0.2, -0.15) is 0 Å². The van der Waals surface area contributed by atoms with Crippen molar-refractivity contribution in [3.8, 4) is 0 Å². The van der Waals surface area contributed by atoms with Gasteiger partial charge in [0.25, 0.3) is 0 Å². The maximum absolute atomic E-state index is 11.5. The zero-order valence-electron chi connectivity index (χ0n) is 10.4. The highest BCUT2D eigenvalue weighted by Crippen LogP contribution is 2.91. The third kappa shape index (κ3) is 0.754. The number of rotatable bonds is 2. The molecule has 2 fully saturated rings. The highest BCUT2D eigenvalue weighted by atomic mass is 28.3. The van der Waals surface area contributed by atoms with Gasteiger partial charge in [-0.05, 0) is 28.7 Å². The summed E-state index contributed by atoms with van der Waals surface area (Å²) in [7, 11) is -1.46. The summed E-state index contributed by atoms with van der Waals surface area (Å²) in [5, 5.41) is 9.65. The quantitative estimate of drug-likeness (QED) is 0.591. The van der Waals surface area contributed by atoms with Gasteiger partial charge in [0.2, 0.25) is 0 Å². The van der Waals surface area contributed by atoms with Gasteiger partial charge in [-0.15, -0.1) is 0 Å². The van der Waals surface area contributed by atoms with Gasteiger partial charge in [0.05, 0.1) is 14.0 Å². The van der Waals surface area contributed by atoms with E-state index in [1.165, 1.54) is 6.42 Å². The summed E-state index contributed by atoms with van der Waals surface area (Å²) in [5.74, 6) is 0.453. The van der Waals surface area contributed by atoms with Crippen LogP contribution in [0, 0.1) is 23.2 Å². The number of hydrogen-bond donors (Lipinski definition) is 1. The number of allylic oxidation sites excluding steroid dienone is 2. The Morgan fingerprint density at radius 3 is 2.31 bits per heavy atom. The fraction of sp³-hybridized carbons (Fsp3) is 0.769. The summed E-state index contributed by atoms with van der Waals surface area (Å²) in [6.45, 7) is 9.28. The number of carboxylic acid groups (broad SMARTS) is 1. The lowest BCUT2D eigenvalue weighted by atomic mass is 9.90. The van der Waals surface area contributed by atoms with Crippen LogP contribution in [0.25, 0.3) is 0 Å². The number of carbonyl (C=O) groups is 1. The van der Waals surface area contributed by atoms with Crippen molar-refractivity contribution in [2.45, 2.75) is 38.0 Å². The first-order valence-electron chi connectivity index (χ1n) is 6.19. The largest absolute Gasteiger partial charge is 0.481 e. The van der Waals surface area contributed by atoms with Crippen molar-refractivity contribution < 1.29 is 9.90 Å². The van der Waals surface area contributed by atoms with Crippen LogP contribution in [0.5, 0.6) is 0 Å². The Bertz CT molecular complexity index is 409. The lowest BCUT2D eigenvalue weighted by Crippen LogP contribution is -2.37. The Morgan fingerprint density at radius 2 is 1.88 bits per heavy atom. The molecule has 2 bridgehead atoms. The summed E-state index contributed by atoms with van der Waals surface area (Å²) in [4.78, 5) is 11.5. The van der Waals surface area contributed by atoms with Crippen molar-refractivity contribution in [3.63, 3.8) is 0 Å². The van der Waals surface area contributed by atoms with Gasteiger partial charge in [-0.3, -0.25) is 4.79 Å². The summed E-state index contributed by atoms with van der Waals surface area (Å²) >= 11 is 0. The van der Waals surface area contributed by atoms with Crippen LogP contribution in [0.3, 0.4) is 0 Å². The maximum Gasteiger partial charge on any atom is 0.307 e. The van der Waals surface area contributed by atoms with Gasteiger partial charge in [0.15, 0.2) is 0 Å². The Hall–Kier alpha value is -0.573. The van der Waals surface area contributed by atoms with Gasteiger partial charge >= 0.3 is 5.97 Å². The lowest BCUT2D eigenvalue weighted by molar-refractivity contribution is -0.140. The smallest absolute Gasteiger partial charge is 0.307 e. The summed E-state index contributed by atoms with van der Waals surface area (Å²) in [6.07, 6.45) is 5.81. The van der Waals surface area contributed by atoms with E-state index < -0.39 is 14.0 Å². The zero-order valence-corrected chi connectivity index (χ0v) is 11.4. The van der Waals surface area contributed by atoms with Crippen LogP contribution >= 0.6 is 0 Å². The minimum absolute atomic E-state index is 0.0721. The van der Waals surface area contributed by atoms with Crippen LogP contribution in [0.2, 0.25) is 24.7 Å². The number of carboxylic acids is 1. The van der Waals surface area contributed by atoms with Crippen LogP contribution in [0.1, 0.15) is 13.3 Å². The molecule has 16 heavy (non-hydrogen) atoms. The van der Waals surface area contributed by atoms with Gasteiger partial charge in [-0.25, -0.2) is 0 Å². The molecule has 0 aromatic rings. The minimum Gasteiger partial charge on any atom is -0.481 e. The fourth-order valence-electron chi connectivity index (χ4n) is 5.53. The third-order valence-corrected chi connectivity index (χ3v) is 9.47. The van der Waals surface area contributed by atoms with Crippen LogP contribution in [0.15, 0.2) is 12.2 Å². The molecule has 5 unspecified atom stereocenters. The molecule has 88 valence electrons. The lowest BCUT2D eigenvalue weighted by Gasteiger charge is -2.35. The molecule has 0 spiro atoms. The summed E-state index contributed by atoms with van der Waals surface area (Å²) < 4.78 is 0. The van der Waals surface area contributed by atoms with E-state index in [0.717, 1.165) is 0 Å². The molecule has 0 radical (unpaired) electrons. The van der Waals surface area contributed by atoms with E-state index in [1.54, 1.807) is 0 Å². The third-order valence-electron chi connectivity index (χ3n) is 5.79. The van der Waals surface area contributed by atoms with Crippen LogP contribution < -0.4 is 0 Å². The molecule has 3 rings (SSSR count). The Morgan fingerprint density at radius 1 is 1.31 bits per heavy atom. The van der Waals surface area contributed by atoms with Crippen LogP contribution in [-0.2, 0) is 4.79 Å². The first kappa shape index (κ1) is 10.6. The second kappa shape index (κ2) is 2.47. The molecule has 2 nitrogen and oxygen atoms in total. The van der Waals surface area contributed by atoms with E-state index in [9.17, 15) is 9.90 Å². The predicted octanol–water partition coefficient (Wildman–Crippen LogP) is 2.99. The maximum atomic E-state index is 11.5. The first-order valence-corrected chi connectivity index (χ1v) is 9.69. The van der Waals surface area contributed by atoms with Crippen molar-refractivity contribution in [2.24, 2.45) is 23.2 Å². The number of aliphatic carboxylic acids is 1. The molecule has 0 aromatic heterocycles. The average Bonchev–Trinajstić information content (AvgIpc) is 2.47. The van der Waals surface area contributed by atoms with Crippen molar-refractivity contribution in [1.29, 1.82) is 0 Å². The van der Waals surface area contributed by atoms with Crippen LogP contribution in [-0.4, -0.2) is 19.1 Å². The van der Waals surface area contributed by atoms with Gasteiger partial charge in [0, 0.05) is 0 Å². The second-order valence-corrected chi connectivity index (χ2v) is 12.3. The van der Waals surface area contributed by atoms with Crippen molar-refractivity contribution in [1.82, 2.24) is 0 Å². The monoisotopic (exact) mass is 236 g/mol. The zero-order chi connectivity index (χ0) is 11.9. The van der Waals surface area contributed by atoms with Crippen molar-refractivity contribution in [3.05, 3.63) is 12.2 Å². The standard InChI is InChI=1S/C13H20O2Si/c1-12-8-5-6-9(7-8)13(12,16(2,3)4)10(12)11(14)15/h5-6,8-10H,7H2,1-4H3,(H,14,15). The van der Waals surface area contributed by atoms with E-state index in [-0.39, 0.29) is 16.4 Å². The highest BCUT2D eigenvalue weighted by Gasteiger charge is 2.88. The Labute approximate surface area is 97.7 Å². The SMILES string of the molecule is CC12C3C=CC(C3)C1([Si](C)(C)C)C2C(=O)O. The Kier molecular flexibility index (Phi) is 1.63. The second-order valence-electron chi connectivity index (χ2n) is 7.01. The summed E-state index contributed by atoms with van der Waals surface area (Å²) in [5.41, 5.74) is 0.0721. The molecule has 3 aliphatic carbocycles. The minimum atomic E-state index is -1.46. The van der Waals surface area contributed by atoms with Crippen LogP contribution in [0.4, 0.5) is 0 Å². The van der Waals surface area contributed by atoms with Gasteiger partial charge in [-0.1, -0.05) is 38.7 Å². The molecule has 0 amide bonds. The van der Waals surface area contributed by atoms with Gasteiger partial charge in [0.1, 0.15) is 0 Å². The topological polar surface area (TPSA) is 37.3 Å². The van der Waals surface area contributed by atoms with E-state index in [2.05, 4.69) is 38.7 Å². The van der Waals surface area contributed by atoms with E-state index in [0.29, 0.717) is 11.8 Å². The molecule has 3 aliphatic rings. The van der Waals surface area contributed by atoms with Crippen molar-refractivity contribution >= 4 is 14.0 Å². The van der Waals surface area contributed by atoms with Crippen molar-refractivity contribution in [2.75, 3.05) is 0 Å². The number of fused-ring (bicyclic) bond motifs is 5. The highest BCUT2D eigenvalue weighted by molar-refractivity contribution is 6.81. The molecule has 0 aliphatic heterocycles. The molecule has 0 aromatic carbocycles. The molecular weight excluding hydrogens is 216 g/mol. The first-order chi connectivity index (χ1) is 7.28. The van der Waals surface area contributed by atoms with E-state index in [4.69, 9.17) is 0 Å². The van der Waals surface area contributed by atoms with E-state index in [1.807, 2.05) is 0 Å². The fourth-order valence-corrected chi connectivity index (χ4v) is 10.0. The van der Waals surface area contributed by atoms with Gasteiger partial charge < -0.3 is 5.11 Å². The predicted molar refractivity (Wildman–Crippen MR) is 66.0 cm³/mol. The average molecular weight is 236 g/mol. The normalized spacial score (nSPS) is 52.9. The molecule has 3 heteroatoms. The number of hydrogen-bond acceptors (Lipinski definition) is 1. The molecule has 0 saturated heterocycles. The molecule has 1 N–H and O–H groups in total. The molecular formula is C13H20O2Si. The molecule has 2 saturated carbocycles. The molecule has 5 atom stereocenters. The van der Waals surface area contributed by atoms with E-state index >= 15 is 0 Å². The Balaban J connectivity index is 2.15. The molecule has 0 heterocycles. The summed E-state index contributed by atoms with van der Waals surface area (Å²) in [6, 6.07) is 0.